The second kappa shape index (κ2) is 6.26. The van der Waals surface area contributed by atoms with Gasteiger partial charge in [0.15, 0.2) is 0 Å². The van der Waals surface area contributed by atoms with Crippen molar-refractivity contribution in [2.24, 2.45) is 0 Å². The molecule has 2 rings (SSSR count). The smallest absolute Gasteiger partial charge is 0.147 e. The quantitative estimate of drug-likeness (QED) is 0.657. The molecule has 92 valence electrons. The maximum atomic E-state index is 13.2. The van der Waals surface area contributed by atoms with Crippen LogP contribution in [0.1, 0.15) is 5.56 Å². The number of rotatable bonds is 4. The average Bonchev–Trinajstić information content (AvgIpc) is 2.40. The van der Waals surface area contributed by atoms with E-state index < -0.39 is 0 Å². The standard InChI is InChI=1S/C15H14FNS/c16-14-11-13(8-9-15(14)17)18-10-4-7-12-5-2-1-3-6-12/h1-9,11H,10,17H2. The lowest BCUT2D eigenvalue weighted by molar-refractivity contribution is 0.629. The van der Waals surface area contributed by atoms with Gasteiger partial charge in [0.1, 0.15) is 5.82 Å². The highest BCUT2D eigenvalue weighted by molar-refractivity contribution is 7.99. The van der Waals surface area contributed by atoms with Gasteiger partial charge in [-0.15, -0.1) is 11.8 Å². The van der Waals surface area contributed by atoms with E-state index in [0.29, 0.717) is 0 Å². The first-order chi connectivity index (χ1) is 8.75. The summed E-state index contributed by atoms with van der Waals surface area (Å²) in [6.45, 7) is 0. The molecule has 2 aromatic rings. The van der Waals surface area contributed by atoms with Gasteiger partial charge in [-0.05, 0) is 23.8 Å². The van der Waals surface area contributed by atoms with Gasteiger partial charge >= 0.3 is 0 Å². The van der Waals surface area contributed by atoms with Crippen molar-refractivity contribution in [3.05, 3.63) is 66.0 Å². The predicted molar refractivity (Wildman–Crippen MR) is 77.0 cm³/mol. The van der Waals surface area contributed by atoms with Crippen molar-refractivity contribution in [2.75, 3.05) is 11.5 Å². The fourth-order valence-corrected chi connectivity index (χ4v) is 2.23. The Morgan fingerprint density at radius 3 is 2.61 bits per heavy atom. The highest BCUT2D eigenvalue weighted by Crippen LogP contribution is 2.22. The van der Waals surface area contributed by atoms with E-state index in [0.717, 1.165) is 10.6 Å². The van der Waals surface area contributed by atoms with Gasteiger partial charge in [-0.25, -0.2) is 4.39 Å². The van der Waals surface area contributed by atoms with Crippen LogP contribution in [0.15, 0.2) is 59.5 Å². The lowest BCUT2D eigenvalue weighted by Crippen LogP contribution is -1.89. The highest BCUT2D eigenvalue weighted by Gasteiger charge is 1.99. The molecule has 0 aromatic heterocycles. The van der Waals surface area contributed by atoms with E-state index in [1.165, 1.54) is 11.6 Å². The number of nitrogens with two attached hydrogens (primary N) is 1. The van der Waals surface area contributed by atoms with Gasteiger partial charge < -0.3 is 5.73 Å². The van der Waals surface area contributed by atoms with Crippen LogP contribution in [0, 0.1) is 5.82 Å². The number of anilines is 1. The Kier molecular flexibility index (Phi) is 4.42. The van der Waals surface area contributed by atoms with E-state index in [-0.39, 0.29) is 11.5 Å². The van der Waals surface area contributed by atoms with Gasteiger partial charge in [-0.3, -0.25) is 0 Å². The average molecular weight is 259 g/mol. The van der Waals surface area contributed by atoms with Crippen LogP contribution in [0.5, 0.6) is 0 Å². The summed E-state index contributed by atoms with van der Waals surface area (Å²) in [5, 5.41) is 0. The summed E-state index contributed by atoms with van der Waals surface area (Å²) >= 11 is 1.58. The molecule has 0 spiro atoms. The molecular formula is C15H14FNS. The number of hydrogen-bond acceptors (Lipinski definition) is 2. The van der Waals surface area contributed by atoms with Gasteiger partial charge in [0.2, 0.25) is 0 Å². The maximum Gasteiger partial charge on any atom is 0.147 e. The molecule has 0 aliphatic heterocycles. The second-order valence-electron chi connectivity index (χ2n) is 3.81. The molecule has 0 fully saturated rings. The number of nitrogen functional groups attached to an aromatic ring is 1. The lowest BCUT2D eigenvalue weighted by Gasteiger charge is -2.00. The number of halogens is 1. The fourth-order valence-electron chi connectivity index (χ4n) is 1.49. The number of benzene rings is 2. The topological polar surface area (TPSA) is 26.0 Å². The largest absolute Gasteiger partial charge is 0.396 e. The lowest BCUT2D eigenvalue weighted by atomic mass is 10.2. The van der Waals surface area contributed by atoms with Gasteiger partial charge in [-0.2, -0.15) is 0 Å². The van der Waals surface area contributed by atoms with Crippen molar-refractivity contribution in [1.29, 1.82) is 0 Å². The first-order valence-corrected chi connectivity index (χ1v) is 6.64. The minimum Gasteiger partial charge on any atom is -0.396 e. The summed E-state index contributed by atoms with van der Waals surface area (Å²) < 4.78 is 13.2. The Hall–Kier alpha value is -1.74. The summed E-state index contributed by atoms with van der Waals surface area (Å²) in [5.74, 6) is 0.449. The van der Waals surface area contributed by atoms with E-state index >= 15 is 0 Å². The molecule has 18 heavy (non-hydrogen) atoms. The third-order valence-corrected chi connectivity index (χ3v) is 3.37. The number of hydrogen-bond donors (Lipinski definition) is 1. The molecule has 0 aliphatic rings. The molecule has 1 nitrogen and oxygen atoms in total. The summed E-state index contributed by atoms with van der Waals surface area (Å²) in [5.41, 5.74) is 6.78. The van der Waals surface area contributed by atoms with Crippen LogP contribution in [0.4, 0.5) is 10.1 Å². The fraction of sp³-hybridized carbons (Fsp3) is 0.0667. The van der Waals surface area contributed by atoms with Crippen molar-refractivity contribution in [2.45, 2.75) is 4.90 Å². The zero-order chi connectivity index (χ0) is 12.8. The van der Waals surface area contributed by atoms with E-state index in [2.05, 4.69) is 12.2 Å². The molecule has 0 atom stereocenters. The zero-order valence-corrected chi connectivity index (χ0v) is 10.7. The molecule has 2 aromatic carbocycles. The Morgan fingerprint density at radius 2 is 1.89 bits per heavy atom. The van der Waals surface area contributed by atoms with Crippen LogP contribution in [-0.4, -0.2) is 5.75 Å². The highest BCUT2D eigenvalue weighted by atomic mass is 32.2. The third-order valence-electron chi connectivity index (χ3n) is 2.43. The van der Waals surface area contributed by atoms with Crippen LogP contribution in [0.3, 0.4) is 0 Å². The van der Waals surface area contributed by atoms with Crippen LogP contribution < -0.4 is 5.73 Å². The van der Waals surface area contributed by atoms with Crippen molar-refractivity contribution < 1.29 is 4.39 Å². The Labute approximate surface area is 111 Å². The molecule has 0 heterocycles. The Bertz CT molecular complexity index is 537. The second-order valence-corrected chi connectivity index (χ2v) is 4.90. The molecule has 0 saturated carbocycles. The molecule has 0 unspecified atom stereocenters. The van der Waals surface area contributed by atoms with E-state index in [1.54, 1.807) is 17.8 Å². The minimum absolute atomic E-state index is 0.194. The predicted octanol–water partition coefficient (Wildman–Crippen LogP) is 4.21. The Balaban J connectivity index is 1.89. The molecule has 0 aliphatic carbocycles. The molecule has 0 saturated heterocycles. The van der Waals surface area contributed by atoms with Crippen LogP contribution in [-0.2, 0) is 0 Å². The van der Waals surface area contributed by atoms with Crippen molar-refractivity contribution in [3.63, 3.8) is 0 Å². The molecular weight excluding hydrogens is 245 g/mol. The summed E-state index contributed by atoms with van der Waals surface area (Å²) in [7, 11) is 0. The van der Waals surface area contributed by atoms with E-state index in [4.69, 9.17) is 5.73 Å². The first kappa shape index (κ1) is 12.7. The molecule has 3 heteroatoms. The molecule has 0 radical (unpaired) electrons. The van der Waals surface area contributed by atoms with Crippen molar-refractivity contribution in [1.82, 2.24) is 0 Å². The summed E-state index contributed by atoms with van der Waals surface area (Å²) in [6, 6.07) is 15.0. The zero-order valence-electron chi connectivity index (χ0n) is 9.84. The van der Waals surface area contributed by atoms with Crippen LogP contribution >= 0.6 is 11.8 Å². The van der Waals surface area contributed by atoms with Crippen molar-refractivity contribution >= 4 is 23.5 Å². The SMILES string of the molecule is Nc1ccc(SCC=Cc2ccccc2)cc1F. The summed E-state index contributed by atoms with van der Waals surface area (Å²) in [4.78, 5) is 0.888. The summed E-state index contributed by atoms with van der Waals surface area (Å²) in [6.07, 6.45) is 4.12. The van der Waals surface area contributed by atoms with Crippen LogP contribution in [0.2, 0.25) is 0 Å². The normalized spacial score (nSPS) is 10.9. The van der Waals surface area contributed by atoms with E-state index in [1.807, 2.05) is 36.4 Å². The number of thioether (sulfide) groups is 1. The monoisotopic (exact) mass is 259 g/mol. The van der Waals surface area contributed by atoms with E-state index in [9.17, 15) is 4.39 Å². The van der Waals surface area contributed by atoms with Gasteiger partial charge in [0.05, 0.1) is 5.69 Å². The van der Waals surface area contributed by atoms with Gasteiger partial charge in [-0.1, -0.05) is 42.5 Å². The third kappa shape index (κ3) is 3.64. The van der Waals surface area contributed by atoms with Crippen LogP contribution in [0.25, 0.3) is 6.08 Å². The maximum absolute atomic E-state index is 13.2. The molecule has 0 amide bonds. The Morgan fingerprint density at radius 1 is 1.11 bits per heavy atom. The van der Waals surface area contributed by atoms with Crippen molar-refractivity contribution in [3.8, 4) is 0 Å². The van der Waals surface area contributed by atoms with Gasteiger partial charge in [0.25, 0.3) is 0 Å². The minimum atomic E-state index is -0.355. The first-order valence-electron chi connectivity index (χ1n) is 5.65. The van der Waals surface area contributed by atoms with Gasteiger partial charge in [0, 0.05) is 10.6 Å². The molecule has 2 N–H and O–H groups in total. The molecule has 0 bridgehead atoms.